The van der Waals surface area contributed by atoms with E-state index < -0.39 is 17.9 Å². The molecule has 0 bridgehead atoms. The van der Waals surface area contributed by atoms with Gasteiger partial charge in [0.25, 0.3) is 11.8 Å². The van der Waals surface area contributed by atoms with Crippen LogP contribution in [0.2, 0.25) is 0 Å². The number of rotatable bonds is 9. The number of nitrogens with one attached hydrogen (secondary N) is 1. The summed E-state index contributed by atoms with van der Waals surface area (Å²) in [5, 5.41) is 3.85. The molecule has 0 saturated heterocycles. The third kappa shape index (κ3) is 6.06. The fraction of sp³-hybridized carbons (Fsp3) is 0.276. The van der Waals surface area contributed by atoms with Crippen molar-refractivity contribution < 1.29 is 14.4 Å². The molecular formula is C29H32N6O3S. The minimum Gasteiger partial charge on any atom is -0.395 e. The van der Waals surface area contributed by atoms with Gasteiger partial charge in [0, 0.05) is 23.8 Å². The molecule has 0 aliphatic carbocycles. The molecule has 4 rings (SSSR count). The Morgan fingerprint density at radius 2 is 1.77 bits per heavy atom. The van der Waals surface area contributed by atoms with E-state index in [1.54, 1.807) is 12.3 Å². The third-order valence-corrected chi connectivity index (χ3v) is 7.18. The maximum Gasteiger partial charge on any atom is 0.273 e. The summed E-state index contributed by atoms with van der Waals surface area (Å²) in [6.45, 7) is 8.45. The molecule has 0 fully saturated rings. The average Bonchev–Trinajstić information content (AvgIpc) is 3.27. The van der Waals surface area contributed by atoms with E-state index in [0.29, 0.717) is 23.7 Å². The molecule has 0 radical (unpaired) electrons. The van der Waals surface area contributed by atoms with E-state index in [1.807, 2.05) is 56.3 Å². The Kier molecular flexibility index (Phi) is 8.25. The second-order valence-corrected chi connectivity index (χ2v) is 10.8. The van der Waals surface area contributed by atoms with Crippen LogP contribution in [-0.2, 0) is 4.79 Å². The number of carbonyl (C=O) groups is 3. The number of amides is 3. The molecule has 2 aromatic carbocycles. The van der Waals surface area contributed by atoms with E-state index in [2.05, 4.69) is 28.5 Å². The van der Waals surface area contributed by atoms with Gasteiger partial charge in [-0.15, -0.1) is 0 Å². The van der Waals surface area contributed by atoms with Gasteiger partial charge in [0.15, 0.2) is 5.69 Å². The fourth-order valence-electron chi connectivity index (χ4n) is 4.47. The molecule has 9 nitrogen and oxygen atoms in total. The number of nitrogens with zero attached hydrogens (tertiary/aromatic N) is 3. The van der Waals surface area contributed by atoms with Gasteiger partial charge in [0.2, 0.25) is 5.91 Å². The molecule has 2 aromatic heterocycles. The lowest BCUT2D eigenvalue weighted by Crippen LogP contribution is -2.44. The van der Waals surface area contributed by atoms with Crippen molar-refractivity contribution in [2.24, 2.45) is 11.7 Å². The highest BCUT2D eigenvalue weighted by molar-refractivity contribution is 7.09. The first-order chi connectivity index (χ1) is 18.6. The van der Waals surface area contributed by atoms with E-state index in [4.69, 9.17) is 11.5 Å². The summed E-state index contributed by atoms with van der Waals surface area (Å²) in [6, 6.07) is 13.8. The van der Waals surface area contributed by atoms with Gasteiger partial charge >= 0.3 is 0 Å². The number of aromatic nitrogens is 2. The van der Waals surface area contributed by atoms with Crippen molar-refractivity contribution in [1.82, 2.24) is 14.7 Å². The van der Waals surface area contributed by atoms with Gasteiger partial charge in [0.1, 0.15) is 10.9 Å². The van der Waals surface area contributed by atoms with Crippen LogP contribution in [0.15, 0.2) is 54.7 Å². The van der Waals surface area contributed by atoms with Crippen molar-refractivity contribution in [2.75, 3.05) is 17.2 Å². The summed E-state index contributed by atoms with van der Waals surface area (Å²) in [6.07, 6.45) is 2.48. The number of aryl methyl sites for hydroxylation is 2. The zero-order valence-electron chi connectivity index (χ0n) is 22.4. The van der Waals surface area contributed by atoms with Crippen molar-refractivity contribution in [3.63, 3.8) is 0 Å². The Balaban J connectivity index is 1.92. The number of fused-ring (bicyclic) bond motifs is 1. The Morgan fingerprint density at radius 1 is 1.05 bits per heavy atom. The lowest BCUT2D eigenvalue weighted by molar-refractivity contribution is -0.122. The first kappa shape index (κ1) is 27.7. The Labute approximate surface area is 231 Å². The van der Waals surface area contributed by atoms with Crippen LogP contribution in [0.5, 0.6) is 0 Å². The van der Waals surface area contributed by atoms with Crippen LogP contribution in [0.4, 0.5) is 11.4 Å². The maximum atomic E-state index is 14.3. The minimum absolute atomic E-state index is 0.0328. The van der Waals surface area contributed by atoms with Crippen LogP contribution in [0.1, 0.15) is 63.2 Å². The van der Waals surface area contributed by atoms with Crippen molar-refractivity contribution >= 4 is 51.5 Å². The van der Waals surface area contributed by atoms with Crippen LogP contribution in [-0.4, -0.2) is 33.6 Å². The number of pyridine rings is 1. The lowest BCUT2D eigenvalue weighted by atomic mass is 9.99. The third-order valence-electron chi connectivity index (χ3n) is 6.33. The lowest BCUT2D eigenvalue weighted by Gasteiger charge is -2.32. The molecule has 39 heavy (non-hydrogen) atoms. The number of nitrogens with two attached hydrogens (primary N) is 2. The number of primary amides is 1. The highest BCUT2D eigenvalue weighted by atomic mass is 32.1. The molecule has 2 heterocycles. The normalized spacial score (nSPS) is 11.9. The second-order valence-electron chi connectivity index (χ2n) is 9.99. The van der Waals surface area contributed by atoms with Gasteiger partial charge in [-0.3, -0.25) is 24.3 Å². The van der Waals surface area contributed by atoms with Crippen LogP contribution in [0.25, 0.3) is 10.9 Å². The Hall–Kier alpha value is -4.31. The number of nitrogen functional groups attached to an aromatic ring is 1. The topological polar surface area (TPSA) is 144 Å². The molecule has 4 aromatic rings. The Bertz CT molecular complexity index is 1530. The molecule has 1 unspecified atom stereocenters. The summed E-state index contributed by atoms with van der Waals surface area (Å²) < 4.78 is 4.02. The van der Waals surface area contributed by atoms with Gasteiger partial charge in [-0.05, 0) is 84.7 Å². The average molecular weight is 545 g/mol. The first-order valence-corrected chi connectivity index (χ1v) is 13.4. The van der Waals surface area contributed by atoms with E-state index in [0.717, 1.165) is 40.0 Å². The zero-order chi connectivity index (χ0) is 28.3. The highest BCUT2D eigenvalue weighted by Crippen LogP contribution is 2.35. The minimum atomic E-state index is -1.05. The summed E-state index contributed by atoms with van der Waals surface area (Å²) in [7, 11) is 0. The number of anilines is 2. The number of benzene rings is 2. The molecule has 1 atom stereocenters. The molecular weight excluding hydrogens is 512 g/mol. The molecule has 3 amide bonds. The van der Waals surface area contributed by atoms with Crippen molar-refractivity contribution in [3.8, 4) is 0 Å². The molecule has 5 N–H and O–H groups in total. The SMILES string of the molecule is Cc1cc(C)cc(N(C(=O)c2snc(C(N)=O)c2N)C(C(=O)NCCC(C)C)c2ccc3ncccc3c2)c1. The predicted molar refractivity (Wildman–Crippen MR) is 155 cm³/mol. The van der Waals surface area contributed by atoms with E-state index in [-0.39, 0.29) is 22.2 Å². The standard InChI is InChI=1S/C29H32N6O3S/c1-16(2)9-11-33-28(37)25(20-7-8-22-19(15-20)6-5-10-32-22)35(21-13-17(3)12-18(4)14-21)29(38)26-23(30)24(27(31)36)34-39-26/h5-8,10,12-16,25H,9,11,30H2,1-4H3,(H2,31,36)(H,33,37). The summed E-state index contributed by atoms with van der Waals surface area (Å²) in [4.78, 5) is 45.9. The van der Waals surface area contributed by atoms with Crippen LogP contribution < -0.4 is 21.7 Å². The van der Waals surface area contributed by atoms with Gasteiger partial charge in [-0.25, -0.2) is 0 Å². The van der Waals surface area contributed by atoms with Gasteiger partial charge < -0.3 is 16.8 Å². The van der Waals surface area contributed by atoms with Gasteiger partial charge in [0.05, 0.1) is 11.2 Å². The predicted octanol–water partition coefficient (Wildman–Crippen LogP) is 4.54. The van der Waals surface area contributed by atoms with Crippen molar-refractivity contribution in [1.29, 1.82) is 0 Å². The molecule has 0 aliphatic rings. The molecule has 0 spiro atoms. The smallest absolute Gasteiger partial charge is 0.273 e. The van der Waals surface area contributed by atoms with Gasteiger partial charge in [-0.2, -0.15) is 4.37 Å². The first-order valence-electron chi connectivity index (χ1n) is 12.7. The second kappa shape index (κ2) is 11.6. The van der Waals surface area contributed by atoms with Crippen LogP contribution >= 0.6 is 11.5 Å². The quantitative estimate of drug-likeness (QED) is 0.282. The van der Waals surface area contributed by atoms with Crippen LogP contribution in [0.3, 0.4) is 0 Å². The van der Waals surface area contributed by atoms with Gasteiger partial charge in [-0.1, -0.05) is 32.0 Å². The highest BCUT2D eigenvalue weighted by Gasteiger charge is 2.36. The monoisotopic (exact) mass is 544 g/mol. The summed E-state index contributed by atoms with van der Waals surface area (Å²) in [5.74, 6) is -1.34. The molecule has 0 aliphatic heterocycles. The van der Waals surface area contributed by atoms with E-state index in [9.17, 15) is 14.4 Å². The molecule has 0 saturated carbocycles. The summed E-state index contributed by atoms with van der Waals surface area (Å²) >= 11 is 0.784. The van der Waals surface area contributed by atoms with E-state index >= 15 is 0 Å². The zero-order valence-corrected chi connectivity index (χ0v) is 23.2. The number of hydrogen-bond acceptors (Lipinski definition) is 7. The molecule has 202 valence electrons. The molecule has 10 heteroatoms. The summed E-state index contributed by atoms with van der Waals surface area (Å²) in [5.41, 5.74) is 15.0. The fourth-order valence-corrected chi connectivity index (χ4v) is 5.22. The van der Waals surface area contributed by atoms with Crippen LogP contribution in [0, 0.1) is 19.8 Å². The maximum absolute atomic E-state index is 14.3. The van der Waals surface area contributed by atoms with Crippen molar-refractivity contribution in [3.05, 3.63) is 82.0 Å². The number of hydrogen-bond donors (Lipinski definition) is 3. The largest absolute Gasteiger partial charge is 0.395 e. The Morgan fingerprint density at radius 3 is 2.41 bits per heavy atom. The number of carbonyl (C=O) groups excluding carboxylic acids is 3. The van der Waals surface area contributed by atoms with E-state index in [1.165, 1.54) is 4.90 Å². The van der Waals surface area contributed by atoms with Crippen molar-refractivity contribution in [2.45, 2.75) is 40.2 Å².